The molecule has 1 aromatic rings. The maximum Gasteiger partial charge on any atom is 0.122 e. The van der Waals surface area contributed by atoms with Gasteiger partial charge in [-0.1, -0.05) is 25.1 Å². The van der Waals surface area contributed by atoms with E-state index in [1.165, 1.54) is 25.5 Å². The molecule has 90 valence electrons. The molecule has 1 aliphatic carbocycles. The molecule has 0 saturated heterocycles. The van der Waals surface area contributed by atoms with Crippen molar-refractivity contribution in [2.24, 2.45) is 17.6 Å². The Kier molecular flexibility index (Phi) is 5.33. The first-order chi connectivity index (χ1) is 7.77. The summed E-state index contributed by atoms with van der Waals surface area (Å²) in [5.41, 5.74) is 5.73. The lowest BCUT2D eigenvalue weighted by Gasteiger charge is -2.13. The van der Waals surface area contributed by atoms with Crippen molar-refractivity contribution in [2.45, 2.75) is 26.7 Å². The zero-order chi connectivity index (χ0) is 12.0. The molecule has 0 heterocycles. The van der Waals surface area contributed by atoms with Gasteiger partial charge in [0.15, 0.2) is 0 Å². The van der Waals surface area contributed by atoms with E-state index in [1.54, 1.807) is 0 Å². The first-order valence-corrected chi connectivity index (χ1v) is 6.03. The SMILES string of the molecule is CN.Cc1ccccc1OCC(C)C1CC1. The van der Waals surface area contributed by atoms with Crippen LogP contribution in [-0.4, -0.2) is 13.7 Å². The molecular weight excluding hydrogens is 198 g/mol. The van der Waals surface area contributed by atoms with Gasteiger partial charge >= 0.3 is 0 Å². The Labute approximate surface area is 98.8 Å². The van der Waals surface area contributed by atoms with E-state index < -0.39 is 0 Å². The fourth-order valence-electron chi connectivity index (χ4n) is 1.74. The second-order valence-corrected chi connectivity index (χ2v) is 4.39. The Morgan fingerprint density at radius 1 is 1.31 bits per heavy atom. The van der Waals surface area contributed by atoms with Crippen LogP contribution < -0.4 is 10.5 Å². The predicted molar refractivity (Wildman–Crippen MR) is 68.7 cm³/mol. The molecule has 0 amide bonds. The van der Waals surface area contributed by atoms with Crippen LogP contribution >= 0.6 is 0 Å². The minimum Gasteiger partial charge on any atom is -0.493 e. The molecule has 16 heavy (non-hydrogen) atoms. The number of benzene rings is 1. The van der Waals surface area contributed by atoms with Gasteiger partial charge in [-0.15, -0.1) is 0 Å². The van der Waals surface area contributed by atoms with Gasteiger partial charge in [0.05, 0.1) is 6.61 Å². The Morgan fingerprint density at radius 2 is 1.94 bits per heavy atom. The third kappa shape index (κ3) is 3.86. The standard InChI is InChI=1S/C13H18O.CH5N/c1-10-5-3-4-6-13(10)14-9-11(2)12-7-8-12;1-2/h3-6,11-12H,7-9H2,1-2H3;2H2,1H3. The molecule has 0 bridgehead atoms. The van der Waals surface area contributed by atoms with Gasteiger partial charge in [0.2, 0.25) is 0 Å². The average molecular weight is 221 g/mol. The van der Waals surface area contributed by atoms with Gasteiger partial charge in [-0.05, 0) is 50.3 Å². The summed E-state index contributed by atoms with van der Waals surface area (Å²) in [6.07, 6.45) is 2.80. The third-order valence-corrected chi connectivity index (χ3v) is 3.02. The first kappa shape index (κ1) is 13.0. The van der Waals surface area contributed by atoms with Gasteiger partial charge in [-0.25, -0.2) is 0 Å². The molecule has 2 N–H and O–H groups in total. The van der Waals surface area contributed by atoms with E-state index in [-0.39, 0.29) is 0 Å². The van der Waals surface area contributed by atoms with Crippen molar-refractivity contribution in [3.05, 3.63) is 29.8 Å². The summed E-state index contributed by atoms with van der Waals surface area (Å²) in [5, 5.41) is 0. The smallest absolute Gasteiger partial charge is 0.122 e. The molecule has 0 radical (unpaired) electrons. The highest BCUT2D eigenvalue weighted by Gasteiger charge is 2.28. The number of hydrogen-bond acceptors (Lipinski definition) is 2. The molecule has 1 atom stereocenters. The molecule has 2 nitrogen and oxygen atoms in total. The van der Waals surface area contributed by atoms with Gasteiger partial charge in [-0.3, -0.25) is 0 Å². The number of rotatable bonds is 4. The number of ether oxygens (including phenoxy) is 1. The van der Waals surface area contributed by atoms with E-state index >= 15 is 0 Å². The molecule has 1 aliphatic rings. The van der Waals surface area contributed by atoms with E-state index in [0.717, 1.165) is 24.2 Å². The van der Waals surface area contributed by atoms with E-state index in [4.69, 9.17) is 4.74 Å². The summed E-state index contributed by atoms with van der Waals surface area (Å²) >= 11 is 0. The van der Waals surface area contributed by atoms with Crippen molar-refractivity contribution >= 4 is 0 Å². The molecule has 1 saturated carbocycles. The van der Waals surface area contributed by atoms with Gasteiger partial charge in [-0.2, -0.15) is 0 Å². The van der Waals surface area contributed by atoms with Crippen molar-refractivity contribution < 1.29 is 4.74 Å². The van der Waals surface area contributed by atoms with Crippen molar-refractivity contribution in [3.63, 3.8) is 0 Å². The Hall–Kier alpha value is -1.02. The zero-order valence-electron chi connectivity index (χ0n) is 10.6. The first-order valence-electron chi connectivity index (χ1n) is 6.03. The second-order valence-electron chi connectivity index (χ2n) is 4.39. The maximum absolute atomic E-state index is 5.80. The Balaban J connectivity index is 0.000000606. The summed E-state index contributed by atoms with van der Waals surface area (Å²) in [4.78, 5) is 0. The number of nitrogens with two attached hydrogens (primary N) is 1. The number of aryl methyl sites for hydroxylation is 1. The molecule has 1 fully saturated rings. The van der Waals surface area contributed by atoms with Crippen molar-refractivity contribution in [2.75, 3.05) is 13.7 Å². The topological polar surface area (TPSA) is 35.2 Å². The summed E-state index contributed by atoms with van der Waals surface area (Å²) in [5.74, 6) is 2.69. The fraction of sp³-hybridized carbons (Fsp3) is 0.571. The van der Waals surface area contributed by atoms with Crippen LogP contribution in [0, 0.1) is 18.8 Å². The molecule has 2 rings (SSSR count). The zero-order valence-corrected chi connectivity index (χ0v) is 10.6. The van der Waals surface area contributed by atoms with Crippen LogP contribution in [0.3, 0.4) is 0 Å². The monoisotopic (exact) mass is 221 g/mol. The van der Waals surface area contributed by atoms with Crippen LogP contribution in [0.2, 0.25) is 0 Å². The summed E-state index contributed by atoms with van der Waals surface area (Å²) in [7, 11) is 1.50. The lowest BCUT2D eigenvalue weighted by Crippen LogP contribution is -2.10. The highest BCUT2D eigenvalue weighted by atomic mass is 16.5. The van der Waals surface area contributed by atoms with Crippen molar-refractivity contribution in [1.29, 1.82) is 0 Å². The number of hydrogen-bond donors (Lipinski definition) is 1. The third-order valence-electron chi connectivity index (χ3n) is 3.02. The molecule has 0 spiro atoms. The Morgan fingerprint density at radius 3 is 2.50 bits per heavy atom. The summed E-state index contributed by atoms with van der Waals surface area (Å²) < 4.78 is 5.80. The van der Waals surface area contributed by atoms with Gasteiger partial charge in [0.25, 0.3) is 0 Å². The normalized spacial score (nSPS) is 16.0. The lowest BCUT2D eigenvalue weighted by atomic mass is 10.1. The van der Waals surface area contributed by atoms with E-state index in [2.05, 4.69) is 31.7 Å². The predicted octanol–water partition coefficient (Wildman–Crippen LogP) is 2.99. The Bertz CT molecular complexity index is 307. The van der Waals surface area contributed by atoms with Crippen LogP contribution in [0.15, 0.2) is 24.3 Å². The highest BCUT2D eigenvalue weighted by Crippen LogP contribution is 2.36. The van der Waals surface area contributed by atoms with Crippen LogP contribution in [-0.2, 0) is 0 Å². The maximum atomic E-state index is 5.80. The van der Waals surface area contributed by atoms with Crippen molar-refractivity contribution in [3.8, 4) is 5.75 Å². The quantitative estimate of drug-likeness (QED) is 0.848. The second kappa shape index (κ2) is 6.54. The van der Waals surface area contributed by atoms with Gasteiger partial charge in [0.1, 0.15) is 5.75 Å². The highest BCUT2D eigenvalue weighted by molar-refractivity contribution is 5.31. The minimum atomic E-state index is 0.717. The van der Waals surface area contributed by atoms with Crippen LogP contribution in [0.1, 0.15) is 25.3 Å². The molecular formula is C14H23NO. The molecule has 0 aliphatic heterocycles. The van der Waals surface area contributed by atoms with Crippen molar-refractivity contribution in [1.82, 2.24) is 0 Å². The summed E-state index contributed by atoms with van der Waals surface area (Å²) in [6, 6.07) is 8.22. The van der Waals surface area contributed by atoms with E-state index in [9.17, 15) is 0 Å². The molecule has 1 aromatic carbocycles. The minimum absolute atomic E-state index is 0.717. The van der Waals surface area contributed by atoms with E-state index in [1.807, 2.05) is 12.1 Å². The molecule has 0 aromatic heterocycles. The summed E-state index contributed by atoms with van der Waals surface area (Å²) in [6.45, 7) is 5.25. The molecule has 2 heteroatoms. The van der Waals surface area contributed by atoms with Crippen LogP contribution in [0.25, 0.3) is 0 Å². The van der Waals surface area contributed by atoms with Crippen LogP contribution in [0.4, 0.5) is 0 Å². The largest absolute Gasteiger partial charge is 0.493 e. The van der Waals surface area contributed by atoms with Gasteiger partial charge < -0.3 is 10.5 Å². The average Bonchev–Trinajstić information content (AvgIpc) is 3.14. The number of para-hydroxylation sites is 1. The fourth-order valence-corrected chi connectivity index (χ4v) is 1.74. The van der Waals surface area contributed by atoms with E-state index in [0.29, 0.717) is 0 Å². The van der Waals surface area contributed by atoms with Crippen LogP contribution in [0.5, 0.6) is 5.75 Å². The lowest BCUT2D eigenvalue weighted by molar-refractivity contribution is 0.243. The van der Waals surface area contributed by atoms with Gasteiger partial charge in [0, 0.05) is 0 Å². The molecule has 1 unspecified atom stereocenters.